The first-order valence-electron chi connectivity index (χ1n) is 6.13. The zero-order valence-electron chi connectivity index (χ0n) is 11.1. The van der Waals surface area contributed by atoms with Gasteiger partial charge < -0.3 is 10.6 Å². The van der Waals surface area contributed by atoms with Gasteiger partial charge in [0.25, 0.3) is 0 Å². The number of rotatable bonds is 5. The Morgan fingerprint density at radius 3 is 2.95 bits per heavy atom. The molecule has 0 aromatic carbocycles. The molecule has 0 aliphatic rings. The van der Waals surface area contributed by atoms with Crippen LogP contribution in [0.1, 0.15) is 17.4 Å². The van der Waals surface area contributed by atoms with Gasteiger partial charge in [0.2, 0.25) is 0 Å². The monoisotopic (exact) mass is 274 g/mol. The normalized spacial score (nSPS) is 12.1. The molecule has 2 heterocycles. The second-order valence-corrected chi connectivity index (χ2v) is 5.59. The van der Waals surface area contributed by atoms with Crippen LogP contribution >= 0.6 is 11.3 Å². The molecule has 2 aromatic heterocycles. The average molecular weight is 274 g/mol. The lowest BCUT2D eigenvalue weighted by atomic mass is 10.1. The Morgan fingerprint density at radius 1 is 1.53 bits per heavy atom. The number of amidine groups is 1. The Kier molecular flexibility index (Phi) is 4.16. The summed E-state index contributed by atoms with van der Waals surface area (Å²) in [5.41, 5.74) is 6.22. The summed E-state index contributed by atoms with van der Waals surface area (Å²) < 4.78 is 0. The van der Waals surface area contributed by atoms with Crippen LogP contribution in [0.15, 0.2) is 35.8 Å². The van der Waals surface area contributed by atoms with Gasteiger partial charge in [-0.2, -0.15) is 0 Å². The van der Waals surface area contributed by atoms with Crippen molar-refractivity contribution in [2.75, 3.05) is 11.9 Å². The summed E-state index contributed by atoms with van der Waals surface area (Å²) in [5, 5.41) is 9.57. The van der Waals surface area contributed by atoms with Crippen LogP contribution in [-0.4, -0.2) is 23.9 Å². The van der Waals surface area contributed by atoms with E-state index in [1.54, 1.807) is 23.6 Å². The largest absolute Gasteiger partial charge is 0.384 e. The van der Waals surface area contributed by atoms with Gasteiger partial charge >= 0.3 is 0 Å². The number of hydrogen-bond donors (Lipinski definition) is 2. The lowest BCUT2D eigenvalue weighted by Crippen LogP contribution is -2.31. The topological polar surface area (TPSA) is 66.0 Å². The number of nitrogens with zero attached hydrogens (tertiary/aromatic N) is 2. The van der Waals surface area contributed by atoms with Crippen molar-refractivity contribution in [3.8, 4) is 0 Å². The first kappa shape index (κ1) is 13.5. The fourth-order valence-corrected chi connectivity index (χ4v) is 2.69. The highest BCUT2D eigenvalue weighted by molar-refractivity contribution is 7.09. The molecule has 3 N–H and O–H groups in total. The molecule has 0 saturated heterocycles. The van der Waals surface area contributed by atoms with Gasteiger partial charge in [0.1, 0.15) is 11.7 Å². The average Bonchev–Trinajstić information content (AvgIpc) is 2.90. The minimum Gasteiger partial charge on any atom is -0.384 e. The Balaban J connectivity index is 2.12. The predicted molar refractivity (Wildman–Crippen MR) is 81.1 cm³/mol. The molecule has 1 atom stereocenters. The zero-order chi connectivity index (χ0) is 13.8. The van der Waals surface area contributed by atoms with Gasteiger partial charge in [0.05, 0.1) is 0 Å². The molecule has 0 saturated carbocycles. The van der Waals surface area contributed by atoms with E-state index in [-0.39, 0.29) is 5.84 Å². The van der Waals surface area contributed by atoms with E-state index in [4.69, 9.17) is 11.1 Å². The fourth-order valence-electron chi connectivity index (χ4n) is 1.86. The first-order valence-corrected chi connectivity index (χ1v) is 7.01. The Hall–Kier alpha value is -1.88. The van der Waals surface area contributed by atoms with Crippen LogP contribution < -0.4 is 10.6 Å². The number of thiophene rings is 1. The number of hydrogen-bond acceptors (Lipinski definition) is 4. The number of pyridine rings is 1. The van der Waals surface area contributed by atoms with E-state index < -0.39 is 0 Å². The first-order chi connectivity index (χ1) is 9.08. The van der Waals surface area contributed by atoms with E-state index in [9.17, 15) is 0 Å². The molecular formula is C14H18N4S. The second kappa shape index (κ2) is 5.84. The van der Waals surface area contributed by atoms with Crippen LogP contribution in [0.25, 0.3) is 0 Å². The van der Waals surface area contributed by atoms with Gasteiger partial charge in [-0.15, -0.1) is 11.3 Å². The number of nitrogen functional groups attached to an aromatic ring is 1. The molecule has 0 fully saturated rings. The number of anilines is 1. The Bertz CT molecular complexity index is 550. The summed E-state index contributed by atoms with van der Waals surface area (Å²) >= 11 is 1.77. The van der Waals surface area contributed by atoms with Gasteiger partial charge in [0, 0.05) is 36.1 Å². The van der Waals surface area contributed by atoms with Crippen LogP contribution in [0.5, 0.6) is 0 Å². The number of nitrogens with two attached hydrogens (primary N) is 1. The van der Waals surface area contributed by atoms with Crippen LogP contribution in [0.3, 0.4) is 0 Å². The molecule has 1 unspecified atom stereocenters. The van der Waals surface area contributed by atoms with Crippen molar-refractivity contribution >= 4 is 23.0 Å². The second-order valence-electron chi connectivity index (χ2n) is 4.56. The molecule has 100 valence electrons. The van der Waals surface area contributed by atoms with E-state index in [1.165, 1.54) is 4.88 Å². The van der Waals surface area contributed by atoms with E-state index in [1.807, 2.05) is 13.1 Å². The van der Waals surface area contributed by atoms with E-state index in [0.29, 0.717) is 11.6 Å². The van der Waals surface area contributed by atoms with Crippen LogP contribution in [0.4, 0.5) is 5.82 Å². The molecule has 0 spiro atoms. The molecule has 2 aromatic rings. The van der Waals surface area contributed by atoms with Crippen LogP contribution in [0.2, 0.25) is 0 Å². The van der Waals surface area contributed by atoms with Gasteiger partial charge in [-0.05, 0) is 30.5 Å². The third-order valence-electron chi connectivity index (χ3n) is 3.16. The van der Waals surface area contributed by atoms with Crippen molar-refractivity contribution in [3.05, 3.63) is 46.3 Å². The zero-order valence-corrected chi connectivity index (χ0v) is 11.9. The SMILES string of the molecule is CC(Cc1cccs1)N(C)c1cc(C(=N)N)ccn1. The highest BCUT2D eigenvalue weighted by Crippen LogP contribution is 2.18. The quantitative estimate of drug-likeness (QED) is 0.650. The van der Waals surface area contributed by atoms with Gasteiger partial charge in [-0.25, -0.2) is 4.98 Å². The Labute approximate surface area is 117 Å². The smallest absolute Gasteiger partial charge is 0.129 e. The molecule has 0 aliphatic carbocycles. The summed E-state index contributed by atoms with van der Waals surface area (Å²) in [5.74, 6) is 0.916. The van der Waals surface area contributed by atoms with E-state index >= 15 is 0 Å². The molecule has 0 aliphatic heterocycles. The highest BCUT2D eigenvalue weighted by Gasteiger charge is 2.13. The summed E-state index contributed by atoms with van der Waals surface area (Å²) in [4.78, 5) is 7.83. The summed E-state index contributed by atoms with van der Waals surface area (Å²) in [6.45, 7) is 2.17. The molecule has 0 amide bonds. The van der Waals surface area contributed by atoms with Gasteiger partial charge in [-0.1, -0.05) is 6.07 Å². The van der Waals surface area contributed by atoms with Crippen LogP contribution in [-0.2, 0) is 6.42 Å². The highest BCUT2D eigenvalue weighted by atomic mass is 32.1. The van der Waals surface area contributed by atoms with Gasteiger partial charge in [0.15, 0.2) is 0 Å². The lowest BCUT2D eigenvalue weighted by Gasteiger charge is -2.26. The summed E-state index contributed by atoms with van der Waals surface area (Å²) in [7, 11) is 2.02. The number of likely N-dealkylation sites (N-methyl/N-ethyl adjacent to an activating group) is 1. The molecule has 5 heteroatoms. The summed E-state index contributed by atoms with van der Waals surface area (Å²) in [6.07, 6.45) is 2.68. The van der Waals surface area contributed by atoms with Crippen molar-refractivity contribution in [1.82, 2.24) is 4.98 Å². The molecule has 4 nitrogen and oxygen atoms in total. The maximum atomic E-state index is 7.47. The third-order valence-corrected chi connectivity index (χ3v) is 4.05. The number of aromatic nitrogens is 1. The van der Waals surface area contributed by atoms with Crippen molar-refractivity contribution < 1.29 is 0 Å². The van der Waals surface area contributed by atoms with Gasteiger partial charge in [-0.3, -0.25) is 5.41 Å². The Morgan fingerprint density at radius 2 is 2.32 bits per heavy atom. The minimum absolute atomic E-state index is 0.0722. The molecule has 2 rings (SSSR count). The molecule has 0 radical (unpaired) electrons. The molecular weight excluding hydrogens is 256 g/mol. The van der Waals surface area contributed by atoms with Crippen LogP contribution in [0, 0.1) is 5.41 Å². The molecule has 19 heavy (non-hydrogen) atoms. The third kappa shape index (κ3) is 3.32. The summed E-state index contributed by atoms with van der Waals surface area (Å²) in [6, 6.07) is 8.17. The minimum atomic E-state index is 0.0722. The fraction of sp³-hybridized carbons (Fsp3) is 0.286. The number of nitrogens with one attached hydrogen (secondary N) is 1. The standard InChI is InChI=1S/C14H18N4S/c1-10(8-12-4-3-7-19-12)18(2)13-9-11(14(15)16)5-6-17-13/h3-7,9-10H,8H2,1-2H3,(H3,15,16). The van der Waals surface area contributed by atoms with Crippen molar-refractivity contribution in [3.63, 3.8) is 0 Å². The van der Waals surface area contributed by atoms with E-state index in [2.05, 4.69) is 34.3 Å². The maximum Gasteiger partial charge on any atom is 0.129 e. The van der Waals surface area contributed by atoms with Crippen molar-refractivity contribution in [2.45, 2.75) is 19.4 Å². The van der Waals surface area contributed by atoms with Crippen molar-refractivity contribution in [2.24, 2.45) is 5.73 Å². The molecule has 0 bridgehead atoms. The van der Waals surface area contributed by atoms with Crippen molar-refractivity contribution in [1.29, 1.82) is 5.41 Å². The predicted octanol–water partition coefficient (Wildman–Crippen LogP) is 2.49. The maximum absolute atomic E-state index is 7.47. The van der Waals surface area contributed by atoms with E-state index in [0.717, 1.165) is 12.2 Å². The lowest BCUT2D eigenvalue weighted by molar-refractivity contribution is 0.680.